The minimum atomic E-state index is -1.24. The Kier molecular flexibility index (Phi) is 8.46. The zero-order chi connectivity index (χ0) is 19.9. The predicted octanol–water partition coefficient (Wildman–Crippen LogP) is -1.97. The number of rotatable bonds is 9. The third-order valence-electron chi connectivity index (χ3n) is 4.65. The van der Waals surface area contributed by atoms with E-state index in [2.05, 4.69) is 10.6 Å². The molecule has 6 N–H and O–H groups in total. The molecule has 1 heterocycles. The smallest absolute Gasteiger partial charge is 0.326 e. The first kappa shape index (κ1) is 21.8. The van der Waals surface area contributed by atoms with E-state index in [0.29, 0.717) is 25.8 Å². The summed E-state index contributed by atoms with van der Waals surface area (Å²) in [5.41, 5.74) is 5.78. The van der Waals surface area contributed by atoms with Crippen LogP contribution in [0.25, 0.3) is 0 Å². The van der Waals surface area contributed by atoms with Crippen LogP contribution in [0.1, 0.15) is 33.1 Å². The monoisotopic (exact) mass is 372 g/mol. The molecule has 1 saturated heterocycles. The molecule has 1 rings (SSSR count). The summed E-state index contributed by atoms with van der Waals surface area (Å²) in [5.74, 6) is -3.01. The molecule has 10 nitrogen and oxygen atoms in total. The van der Waals surface area contributed by atoms with Gasteiger partial charge < -0.3 is 31.5 Å². The van der Waals surface area contributed by atoms with Crippen molar-refractivity contribution in [3.05, 3.63) is 0 Å². The number of carboxylic acid groups (broad SMARTS) is 1. The molecule has 10 heteroatoms. The normalized spacial score (nSPS) is 20.2. The number of hydrogen-bond donors (Lipinski definition) is 5. The zero-order valence-corrected chi connectivity index (χ0v) is 15.1. The average molecular weight is 372 g/mol. The zero-order valence-electron chi connectivity index (χ0n) is 15.1. The molecule has 0 bridgehead atoms. The number of likely N-dealkylation sites (tertiary alicyclic amines) is 1. The molecular weight excluding hydrogens is 344 g/mol. The van der Waals surface area contributed by atoms with E-state index >= 15 is 0 Å². The quantitative estimate of drug-likeness (QED) is 0.313. The molecule has 1 fully saturated rings. The van der Waals surface area contributed by atoms with Crippen LogP contribution in [0.2, 0.25) is 0 Å². The van der Waals surface area contributed by atoms with Crippen molar-refractivity contribution in [3.63, 3.8) is 0 Å². The molecule has 0 aromatic rings. The number of amides is 3. The molecule has 148 valence electrons. The van der Waals surface area contributed by atoms with Crippen molar-refractivity contribution in [3.8, 4) is 0 Å². The van der Waals surface area contributed by atoms with E-state index < -0.39 is 55.0 Å². The fraction of sp³-hybridized carbons (Fsp3) is 0.750. The van der Waals surface area contributed by atoms with Crippen molar-refractivity contribution in [1.82, 2.24) is 15.5 Å². The predicted molar refractivity (Wildman–Crippen MR) is 91.8 cm³/mol. The lowest BCUT2D eigenvalue weighted by atomic mass is 9.99. The molecule has 1 aliphatic heterocycles. The summed E-state index contributed by atoms with van der Waals surface area (Å²) in [5, 5.41) is 23.1. The maximum Gasteiger partial charge on any atom is 0.326 e. The van der Waals surface area contributed by atoms with Crippen LogP contribution in [-0.4, -0.2) is 76.6 Å². The molecule has 4 atom stereocenters. The van der Waals surface area contributed by atoms with E-state index in [1.165, 1.54) is 4.90 Å². The Morgan fingerprint density at radius 2 is 1.92 bits per heavy atom. The lowest BCUT2D eigenvalue weighted by molar-refractivity contribution is -0.148. The number of aliphatic hydroxyl groups excluding tert-OH is 1. The Labute approximate surface area is 152 Å². The lowest BCUT2D eigenvalue weighted by Gasteiger charge is -2.23. The van der Waals surface area contributed by atoms with Gasteiger partial charge >= 0.3 is 5.97 Å². The number of carbonyl (C=O) groups excluding carboxylic acids is 3. The fourth-order valence-corrected chi connectivity index (χ4v) is 2.68. The van der Waals surface area contributed by atoms with Gasteiger partial charge in [-0.1, -0.05) is 20.3 Å². The van der Waals surface area contributed by atoms with E-state index in [4.69, 9.17) is 10.8 Å². The number of aliphatic carboxylic acids is 1. The Morgan fingerprint density at radius 1 is 1.27 bits per heavy atom. The van der Waals surface area contributed by atoms with Crippen LogP contribution in [0.15, 0.2) is 0 Å². The van der Waals surface area contributed by atoms with Gasteiger partial charge in [-0.05, 0) is 18.8 Å². The number of nitrogens with zero attached hydrogens (tertiary/aromatic N) is 1. The van der Waals surface area contributed by atoms with Crippen LogP contribution < -0.4 is 16.4 Å². The molecule has 4 unspecified atom stereocenters. The topological polar surface area (TPSA) is 162 Å². The van der Waals surface area contributed by atoms with E-state index in [9.17, 15) is 24.3 Å². The van der Waals surface area contributed by atoms with Crippen LogP contribution >= 0.6 is 0 Å². The van der Waals surface area contributed by atoms with E-state index in [0.717, 1.165) is 0 Å². The van der Waals surface area contributed by atoms with Crippen LogP contribution in [-0.2, 0) is 19.2 Å². The second kappa shape index (κ2) is 10.1. The first-order chi connectivity index (χ1) is 12.2. The first-order valence-electron chi connectivity index (χ1n) is 8.69. The van der Waals surface area contributed by atoms with E-state index in [1.807, 2.05) is 6.92 Å². The largest absolute Gasteiger partial charge is 0.480 e. The van der Waals surface area contributed by atoms with Gasteiger partial charge in [0.2, 0.25) is 17.7 Å². The minimum Gasteiger partial charge on any atom is -0.480 e. The van der Waals surface area contributed by atoms with Gasteiger partial charge in [0, 0.05) is 6.54 Å². The number of nitrogens with two attached hydrogens (primary N) is 1. The second-order valence-corrected chi connectivity index (χ2v) is 6.46. The molecule has 0 aromatic heterocycles. The Bertz CT molecular complexity index is 541. The van der Waals surface area contributed by atoms with Gasteiger partial charge in [0.1, 0.15) is 12.1 Å². The van der Waals surface area contributed by atoms with Gasteiger partial charge in [-0.2, -0.15) is 0 Å². The number of hydrogen-bond acceptors (Lipinski definition) is 6. The van der Waals surface area contributed by atoms with Gasteiger partial charge in [-0.15, -0.1) is 0 Å². The van der Waals surface area contributed by atoms with Crippen molar-refractivity contribution in [2.45, 2.75) is 51.2 Å². The highest BCUT2D eigenvalue weighted by Crippen LogP contribution is 2.17. The summed E-state index contributed by atoms with van der Waals surface area (Å²) < 4.78 is 0. The van der Waals surface area contributed by atoms with Crippen molar-refractivity contribution >= 4 is 23.7 Å². The van der Waals surface area contributed by atoms with Gasteiger partial charge in [0.25, 0.3) is 0 Å². The maximum absolute atomic E-state index is 12.1. The number of carboxylic acids is 1. The van der Waals surface area contributed by atoms with Gasteiger partial charge in [0.15, 0.2) is 0 Å². The third kappa shape index (κ3) is 5.67. The summed E-state index contributed by atoms with van der Waals surface area (Å²) >= 11 is 0. The highest BCUT2D eigenvalue weighted by Gasteiger charge is 2.34. The minimum absolute atomic E-state index is 0.0953. The fourth-order valence-electron chi connectivity index (χ4n) is 2.68. The Balaban J connectivity index is 2.55. The van der Waals surface area contributed by atoms with Crippen LogP contribution in [0, 0.1) is 5.92 Å². The molecular formula is C16H28N4O6. The molecule has 0 saturated carbocycles. The van der Waals surface area contributed by atoms with E-state index in [1.54, 1.807) is 6.92 Å². The number of aliphatic hydroxyl groups is 1. The summed E-state index contributed by atoms with van der Waals surface area (Å²) in [7, 11) is 0. The Morgan fingerprint density at radius 3 is 2.46 bits per heavy atom. The van der Waals surface area contributed by atoms with Crippen molar-refractivity contribution in [2.24, 2.45) is 11.7 Å². The molecule has 0 spiro atoms. The summed E-state index contributed by atoms with van der Waals surface area (Å²) in [6.07, 6.45) is 1.64. The van der Waals surface area contributed by atoms with Gasteiger partial charge in [-0.3, -0.25) is 14.4 Å². The van der Waals surface area contributed by atoms with Crippen LogP contribution in [0.3, 0.4) is 0 Å². The maximum atomic E-state index is 12.1. The molecule has 3 amide bonds. The standard InChI is InChI=1S/C16H28N4O6/c1-3-9(2)13(17)15(24)19-10(8-21)14(23)18-7-12(22)20-6-4-5-11(20)16(25)26/h9-11,13,21H,3-8,17H2,1-2H3,(H,18,23)(H,19,24)(H,25,26). The molecule has 0 aromatic carbocycles. The lowest BCUT2D eigenvalue weighted by Crippen LogP contribution is -2.55. The second-order valence-electron chi connectivity index (χ2n) is 6.46. The Hall–Kier alpha value is -2.20. The first-order valence-corrected chi connectivity index (χ1v) is 8.69. The summed E-state index contributed by atoms with van der Waals surface area (Å²) in [6, 6.07) is -2.94. The van der Waals surface area contributed by atoms with Gasteiger partial charge in [0.05, 0.1) is 19.2 Å². The highest BCUT2D eigenvalue weighted by molar-refractivity contribution is 5.92. The van der Waals surface area contributed by atoms with Crippen molar-refractivity contribution < 1.29 is 29.4 Å². The number of nitrogens with one attached hydrogen (secondary N) is 2. The van der Waals surface area contributed by atoms with Crippen LogP contribution in [0.5, 0.6) is 0 Å². The molecule has 26 heavy (non-hydrogen) atoms. The molecule has 1 aliphatic rings. The summed E-state index contributed by atoms with van der Waals surface area (Å²) in [4.78, 5) is 48.5. The third-order valence-corrected chi connectivity index (χ3v) is 4.65. The van der Waals surface area contributed by atoms with Crippen molar-refractivity contribution in [2.75, 3.05) is 19.7 Å². The average Bonchev–Trinajstić information content (AvgIpc) is 3.12. The van der Waals surface area contributed by atoms with Crippen LogP contribution in [0.4, 0.5) is 0 Å². The van der Waals surface area contributed by atoms with E-state index in [-0.39, 0.29) is 5.92 Å². The SMILES string of the molecule is CCC(C)C(N)C(=O)NC(CO)C(=O)NCC(=O)N1CCCC1C(=O)O. The highest BCUT2D eigenvalue weighted by atomic mass is 16.4. The summed E-state index contributed by atoms with van der Waals surface area (Å²) in [6.45, 7) is 2.93. The van der Waals surface area contributed by atoms with Gasteiger partial charge in [-0.25, -0.2) is 4.79 Å². The molecule has 0 aliphatic carbocycles. The molecule has 0 radical (unpaired) electrons. The van der Waals surface area contributed by atoms with Crippen molar-refractivity contribution in [1.29, 1.82) is 0 Å². The number of carbonyl (C=O) groups is 4.